The minimum absolute atomic E-state index is 0.0716. The van der Waals surface area contributed by atoms with Crippen LogP contribution in [0.15, 0.2) is 44.9 Å². The number of halogens is 4. The lowest BCUT2D eigenvalue weighted by atomic mass is 10.1. The zero-order valence-electron chi connectivity index (χ0n) is 15.9. The predicted molar refractivity (Wildman–Crippen MR) is 127 cm³/mol. The second-order valence-corrected chi connectivity index (χ2v) is 9.52. The van der Waals surface area contributed by atoms with Gasteiger partial charge in [0, 0.05) is 21.7 Å². The first-order valence-corrected chi connectivity index (χ1v) is 11.7. The molecule has 156 valence electrons. The summed E-state index contributed by atoms with van der Waals surface area (Å²) in [5.41, 5.74) is 1.57. The molecule has 1 fully saturated rings. The standard InChI is InChI=1S/C22H18Br2Cl2N2O2/c23-18-8-13(7-15(11-27)22(29)28-17-3-1-2-4-17)9-19(24)21(18)30-12-14-5-6-16(25)10-20(14)26/h5-10,17H,1-4,12H2,(H,28,29)/b15-7-. The fourth-order valence-electron chi connectivity index (χ4n) is 3.24. The van der Waals surface area contributed by atoms with Gasteiger partial charge in [-0.15, -0.1) is 0 Å². The summed E-state index contributed by atoms with van der Waals surface area (Å²) in [6.45, 7) is 0.260. The molecule has 0 unspecified atom stereocenters. The summed E-state index contributed by atoms with van der Waals surface area (Å²) in [5.74, 6) is 0.251. The van der Waals surface area contributed by atoms with Gasteiger partial charge < -0.3 is 10.1 Å². The number of ether oxygens (including phenoxy) is 1. The Bertz CT molecular complexity index is 1010. The van der Waals surface area contributed by atoms with Gasteiger partial charge in [0.25, 0.3) is 5.91 Å². The van der Waals surface area contributed by atoms with Crippen LogP contribution in [0.4, 0.5) is 0 Å². The summed E-state index contributed by atoms with van der Waals surface area (Å²) in [6.07, 6.45) is 5.72. The number of nitrogens with zero attached hydrogens (tertiary/aromatic N) is 1. The average Bonchev–Trinajstić information content (AvgIpc) is 3.19. The lowest BCUT2D eigenvalue weighted by molar-refractivity contribution is -0.117. The molecule has 2 aromatic rings. The Morgan fingerprint density at radius 3 is 2.47 bits per heavy atom. The average molecular weight is 573 g/mol. The highest BCUT2D eigenvalue weighted by Crippen LogP contribution is 2.36. The first kappa shape index (κ1) is 23.1. The molecule has 1 saturated carbocycles. The van der Waals surface area contributed by atoms with Crippen LogP contribution >= 0.6 is 55.1 Å². The maximum absolute atomic E-state index is 12.4. The second kappa shape index (κ2) is 10.7. The number of rotatable bonds is 6. The smallest absolute Gasteiger partial charge is 0.262 e. The molecule has 2 aromatic carbocycles. The second-order valence-electron chi connectivity index (χ2n) is 6.96. The zero-order chi connectivity index (χ0) is 21.7. The molecule has 1 aliphatic rings. The largest absolute Gasteiger partial charge is 0.486 e. The molecule has 0 heterocycles. The van der Waals surface area contributed by atoms with Gasteiger partial charge in [-0.1, -0.05) is 42.1 Å². The quantitative estimate of drug-likeness (QED) is 0.298. The van der Waals surface area contributed by atoms with Gasteiger partial charge in [0.1, 0.15) is 24.0 Å². The van der Waals surface area contributed by atoms with E-state index in [0.29, 0.717) is 30.3 Å². The highest BCUT2D eigenvalue weighted by molar-refractivity contribution is 9.11. The molecule has 0 atom stereocenters. The van der Waals surface area contributed by atoms with E-state index in [0.717, 1.165) is 31.2 Å². The fraction of sp³-hybridized carbons (Fsp3) is 0.273. The molecule has 0 radical (unpaired) electrons. The van der Waals surface area contributed by atoms with Crippen LogP contribution in [0.1, 0.15) is 36.8 Å². The van der Waals surface area contributed by atoms with Gasteiger partial charge in [0.15, 0.2) is 0 Å². The third kappa shape index (κ3) is 6.01. The molecule has 1 N–H and O–H groups in total. The maximum Gasteiger partial charge on any atom is 0.262 e. The first-order valence-electron chi connectivity index (χ1n) is 9.36. The molecule has 0 aliphatic heterocycles. The van der Waals surface area contributed by atoms with Crippen molar-refractivity contribution in [3.05, 3.63) is 66.0 Å². The van der Waals surface area contributed by atoms with Gasteiger partial charge >= 0.3 is 0 Å². The lowest BCUT2D eigenvalue weighted by Gasteiger charge is -2.13. The van der Waals surface area contributed by atoms with E-state index in [-0.39, 0.29) is 24.1 Å². The molecule has 1 aliphatic carbocycles. The normalized spacial score (nSPS) is 14.4. The van der Waals surface area contributed by atoms with Gasteiger partial charge in [0.05, 0.1) is 8.95 Å². The van der Waals surface area contributed by atoms with Crippen molar-refractivity contribution in [1.82, 2.24) is 5.32 Å². The summed E-state index contributed by atoms with van der Waals surface area (Å²) in [5, 5.41) is 13.5. The Labute approximate surface area is 202 Å². The van der Waals surface area contributed by atoms with E-state index in [1.165, 1.54) is 0 Å². The van der Waals surface area contributed by atoms with Crippen LogP contribution in [0.25, 0.3) is 6.08 Å². The summed E-state index contributed by atoms with van der Waals surface area (Å²) < 4.78 is 7.27. The van der Waals surface area contributed by atoms with Crippen molar-refractivity contribution in [1.29, 1.82) is 5.26 Å². The number of carbonyl (C=O) groups is 1. The Morgan fingerprint density at radius 1 is 1.20 bits per heavy atom. The third-order valence-electron chi connectivity index (χ3n) is 4.77. The summed E-state index contributed by atoms with van der Waals surface area (Å²) in [6, 6.07) is 11.0. The number of hydrogen-bond acceptors (Lipinski definition) is 3. The van der Waals surface area contributed by atoms with E-state index in [9.17, 15) is 10.1 Å². The molecule has 0 bridgehead atoms. The molecule has 30 heavy (non-hydrogen) atoms. The maximum atomic E-state index is 12.4. The van der Waals surface area contributed by atoms with Gasteiger partial charge in [0.2, 0.25) is 0 Å². The molecular formula is C22H18Br2Cl2N2O2. The number of nitriles is 1. The fourth-order valence-corrected chi connectivity index (χ4v) is 5.15. The highest BCUT2D eigenvalue weighted by Gasteiger charge is 2.19. The van der Waals surface area contributed by atoms with Gasteiger partial charge in [-0.05, 0) is 80.6 Å². The molecule has 0 saturated heterocycles. The van der Waals surface area contributed by atoms with Crippen molar-refractivity contribution in [2.75, 3.05) is 0 Å². The molecule has 8 heteroatoms. The van der Waals surface area contributed by atoms with Crippen LogP contribution in [0.3, 0.4) is 0 Å². The SMILES string of the molecule is N#C/C(=C/c1cc(Br)c(OCc2ccc(Cl)cc2Cl)c(Br)c1)C(=O)NC1CCCC1. The number of benzene rings is 2. The Hall–Kier alpha value is -1.52. The minimum Gasteiger partial charge on any atom is -0.486 e. The topological polar surface area (TPSA) is 62.1 Å². The summed E-state index contributed by atoms with van der Waals surface area (Å²) in [4.78, 5) is 12.4. The molecule has 3 rings (SSSR count). The van der Waals surface area contributed by atoms with Gasteiger partial charge in [-0.25, -0.2) is 0 Å². The van der Waals surface area contributed by atoms with Crippen molar-refractivity contribution in [3.63, 3.8) is 0 Å². The van der Waals surface area contributed by atoms with E-state index in [1.54, 1.807) is 30.3 Å². The van der Waals surface area contributed by atoms with Crippen molar-refractivity contribution >= 4 is 67.0 Å². The van der Waals surface area contributed by atoms with E-state index in [2.05, 4.69) is 37.2 Å². The van der Waals surface area contributed by atoms with Crippen LogP contribution in [0, 0.1) is 11.3 Å². The molecular weight excluding hydrogens is 555 g/mol. The van der Waals surface area contributed by atoms with Crippen LogP contribution in [0.2, 0.25) is 10.0 Å². The predicted octanol–water partition coefficient (Wildman–Crippen LogP) is 7.06. The Kier molecular flexibility index (Phi) is 8.24. The molecule has 0 aromatic heterocycles. The third-order valence-corrected chi connectivity index (χ3v) is 6.54. The van der Waals surface area contributed by atoms with Crippen LogP contribution in [-0.4, -0.2) is 11.9 Å². The van der Waals surface area contributed by atoms with Crippen molar-refractivity contribution < 1.29 is 9.53 Å². The van der Waals surface area contributed by atoms with Gasteiger partial charge in [-0.3, -0.25) is 4.79 Å². The summed E-state index contributed by atoms with van der Waals surface area (Å²) in [7, 11) is 0. The highest BCUT2D eigenvalue weighted by atomic mass is 79.9. The van der Waals surface area contributed by atoms with E-state index < -0.39 is 0 Å². The Balaban J connectivity index is 1.75. The summed E-state index contributed by atoms with van der Waals surface area (Å²) >= 11 is 19.1. The number of carbonyl (C=O) groups excluding carboxylic acids is 1. The van der Waals surface area contributed by atoms with Crippen molar-refractivity contribution in [2.45, 2.75) is 38.3 Å². The first-order chi connectivity index (χ1) is 14.4. The molecule has 4 nitrogen and oxygen atoms in total. The van der Waals surface area contributed by atoms with Crippen LogP contribution < -0.4 is 10.1 Å². The number of nitrogens with one attached hydrogen (secondary N) is 1. The molecule has 1 amide bonds. The number of amides is 1. The Morgan fingerprint density at radius 2 is 1.87 bits per heavy atom. The van der Waals surface area contributed by atoms with E-state index >= 15 is 0 Å². The van der Waals surface area contributed by atoms with Crippen molar-refractivity contribution in [2.24, 2.45) is 0 Å². The van der Waals surface area contributed by atoms with Crippen LogP contribution in [0.5, 0.6) is 5.75 Å². The zero-order valence-corrected chi connectivity index (χ0v) is 20.5. The van der Waals surface area contributed by atoms with Gasteiger partial charge in [-0.2, -0.15) is 5.26 Å². The number of hydrogen-bond donors (Lipinski definition) is 1. The monoisotopic (exact) mass is 570 g/mol. The minimum atomic E-state index is -0.339. The van der Waals surface area contributed by atoms with E-state index in [1.807, 2.05) is 12.1 Å². The lowest BCUT2D eigenvalue weighted by Crippen LogP contribution is -2.33. The molecule has 0 spiro atoms. The van der Waals surface area contributed by atoms with Crippen LogP contribution in [-0.2, 0) is 11.4 Å². The van der Waals surface area contributed by atoms with Crippen molar-refractivity contribution in [3.8, 4) is 11.8 Å². The van der Waals surface area contributed by atoms with E-state index in [4.69, 9.17) is 27.9 Å².